The van der Waals surface area contributed by atoms with Crippen molar-refractivity contribution in [2.75, 3.05) is 0 Å². The van der Waals surface area contributed by atoms with Crippen LogP contribution in [0.1, 0.15) is 30.9 Å². The first-order valence-corrected chi connectivity index (χ1v) is 6.74. The maximum absolute atomic E-state index is 9.58. The van der Waals surface area contributed by atoms with Gasteiger partial charge in [0.2, 0.25) is 0 Å². The Morgan fingerprint density at radius 1 is 1.36 bits per heavy atom. The molecular weight excluding hydrogens is 354 g/mol. The van der Waals surface area contributed by atoms with Crippen LogP contribution < -0.4 is 0 Å². The fourth-order valence-corrected chi connectivity index (χ4v) is 1.64. The Morgan fingerprint density at radius 3 is 2.29 bits per heavy atom. The summed E-state index contributed by atoms with van der Waals surface area (Å²) < 4.78 is 1.22. The van der Waals surface area contributed by atoms with Crippen molar-refractivity contribution in [2.45, 2.75) is 26.7 Å². The molecule has 0 aromatic heterocycles. The van der Waals surface area contributed by atoms with Gasteiger partial charge in [-0.2, -0.15) is 0 Å². The molecule has 1 aromatic rings. The first kappa shape index (κ1) is 14.6. The zero-order valence-electron chi connectivity index (χ0n) is 8.29. The van der Waals surface area contributed by atoms with Crippen LogP contribution in [0.2, 0.25) is 0 Å². The average Bonchev–Trinajstić information content (AvgIpc) is 2.14. The summed E-state index contributed by atoms with van der Waals surface area (Å²) in [6.07, 6.45) is 0. The first-order valence-electron chi connectivity index (χ1n) is 4.14. The topological polar surface area (TPSA) is 20.2 Å². The number of benzene rings is 1. The molecule has 0 saturated carbocycles. The fourth-order valence-electron chi connectivity index (χ4n) is 1.14. The summed E-state index contributed by atoms with van der Waals surface area (Å²) >= 11 is 5.01. The third-order valence-electron chi connectivity index (χ3n) is 1.93. The minimum absolute atomic E-state index is 0.388. The van der Waals surface area contributed by atoms with Crippen molar-refractivity contribution in [1.82, 2.24) is 0 Å². The van der Waals surface area contributed by atoms with Crippen molar-refractivity contribution in [3.63, 3.8) is 0 Å². The van der Waals surface area contributed by atoms with Crippen LogP contribution in [-0.2, 0) is 15.1 Å². The van der Waals surface area contributed by atoms with Gasteiger partial charge in [-0.25, -0.2) is 0 Å². The van der Waals surface area contributed by atoms with Gasteiger partial charge < -0.3 is 5.11 Å². The van der Waals surface area contributed by atoms with Gasteiger partial charge in [0.15, 0.2) is 0 Å². The van der Waals surface area contributed by atoms with Crippen molar-refractivity contribution in [1.29, 1.82) is 0 Å². The Labute approximate surface area is 111 Å². The SMILES string of the molecule is Cc1cc(O)c(C(C)C)cc1I.[Cl][Fe]. The second-order valence-electron chi connectivity index (χ2n) is 3.31. The summed E-state index contributed by atoms with van der Waals surface area (Å²) in [6, 6.07) is 3.88. The summed E-state index contributed by atoms with van der Waals surface area (Å²) in [5.41, 5.74) is 2.17. The van der Waals surface area contributed by atoms with E-state index in [4.69, 9.17) is 0 Å². The van der Waals surface area contributed by atoms with Gasteiger partial charge in [-0.3, -0.25) is 0 Å². The summed E-state index contributed by atoms with van der Waals surface area (Å²) in [7, 11) is 4.39. The van der Waals surface area contributed by atoms with Crippen LogP contribution in [0.3, 0.4) is 0 Å². The zero-order valence-corrected chi connectivity index (χ0v) is 12.3. The molecule has 0 unspecified atom stereocenters. The maximum atomic E-state index is 9.58. The molecular formula is C10H13ClFeIO. The molecule has 0 bridgehead atoms. The number of aromatic hydroxyl groups is 1. The molecule has 0 amide bonds. The van der Waals surface area contributed by atoms with Crippen LogP contribution in [0.15, 0.2) is 12.1 Å². The van der Waals surface area contributed by atoms with Crippen molar-refractivity contribution in [3.05, 3.63) is 26.8 Å². The van der Waals surface area contributed by atoms with E-state index in [1.54, 1.807) is 0 Å². The molecule has 0 atom stereocenters. The molecule has 1 nitrogen and oxygen atoms in total. The fraction of sp³-hybridized carbons (Fsp3) is 0.400. The predicted octanol–water partition coefficient (Wildman–Crippen LogP) is 4.12. The second-order valence-corrected chi connectivity index (χ2v) is 4.48. The number of hydrogen-bond donors (Lipinski definition) is 1. The van der Waals surface area contributed by atoms with Gasteiger partial charge in [0, 0.05) is 3.57 Å². The number of hydrogen-bond acceptors (Lipinski definition) is 1. The Balaban J connectivity index is 0.000000791. The standard InChI is InChI=1S/C10H13IO.ClH.Fe/c1-6(2)8-5-9(11)7(3)4-10(8)12;;/h4-6,12H,1-3H3;1H;/q;;+1/p-1. The number of halogens is 2. The van der Waals surface area contributed by atoms with E-state index in [1.165, 1.54) is 3.57 Å². The Bertz CT molecular complexity index is 302. The van der Waals surface area contributed by atoms with Crippen LogP contribution in [0.25, 0.3) is 0 Å². The molecule has 1 rings (SSSR count). The van der Waals surface area contributed by atoms with Gasteiger partial charge in [-0.05, 0) is 58.7 Å². The van der Waals surface area contributed by atoms with Gasteiger partial charge >= 0.3 is 25.2 Å². The van der Waals surface area contributed by atoms with Gasteiger partial charge in [0.1, 0.15) is 5.75 Å². The summed E-state index contributed by atoms with van der Waals surface area (Å²) in [6.45, 7) is 6.17. The van der Waals surface area contributed by atoms with E-state index in [1.807, 2.05) is 13.0 Å². The van der Waals surface area contributed by atoms with Crippen LogP contribution in [0.4, 0.5) is 0 Å². The van der Waals surface area contributed by atoms with Crippen LogP contribution in [0.5, 0.6) is 5.75 Å². The van der Waals surface area contributed by atoms with Crippen LogP contribution in [0, 0.1) is 10.5 Å². The Kier molecular flexibility index (Phi) is 7.21. The number of rotatable bonds is 1. The average molecular weight is 367 g/mol. The molecule has 0 spiro atoms. The van der Waals surface area contributed by atoms with Crippen molar-refractivity contribution in [3.8, 4) is 5.75 Å². The predicted molar refractivity (Wildman–Crippen MR) is 65.5 cm³/mol. The Hall–Kier alpha value is 0.559. The zero-order chi connectivity index (χ0) is 11.3. The quantitative estimate of drug-likeness (QED) is 0.585. The van der Waals surface area contributed by atoms with Crippen LogP contribution in [-0.4, -0.2) is 5.11 Å². The van der Waals surface area contributed by atoms with Crippen molar-refractivity contribution >= 4 is 32.7 Å². The van der Waals surface area contributed by atoms with E-state index >= 15 is 0 Å². The number of phenolic OH excluding ortho intramolecular Hbond substituents is 1. The molecule has 0 saturated heterocycles. The van der Waals surface area contributed by atoms with Gasteiger partial charge in [0.05, 0.1) is 0 Å². The van der Waals surface area contributed by atoms with E-state index in [2.05, 4.69) is 67.7 Å². The normalized spacial score (nSPS) is 9.64. The third kappa shape index (κ3) is 3.97. The van der Waals surface area contributed by atoms with E-state index < -0.39 is 0 Å². The summed E-state index contributed by atoms with van der Waals surface area (Å²) in [4.78, 5) is 0. The second kappa shape index (κ2) is 6.94. The van der Waals surface area contributed by atoms with E-state index in [9.17, 15) is 5.11 Å². The number of aryl methyl sites for hydroxylation is 1. The summed E-state index contributed by atoms with van der Waals surface area (Å²) in [5.74, 6) is 0.807. The van der Waals surface area contributed by atoms with Crippen molar-refractivity contribution < 1.29 is 20.2 Å². The molecule has 0 fully saturated rings. The van der Waals surface area contributed by atoms with Gasteiger partial charge in [-0.1, -0.05) is 13.8 Å². The molecule has 4 heteroatoms. The minimum atomic E-state index is 0.388. The molecule has 0 heterocycles. The van der Waals surface area contributed by atoms with Crippen molar-refractivity contribution in [2.24, 2.45) is 0 Å². The molecule has 0 aliphatic rings. The molecule has 1 N–H and O–H groups in total. The molecule has 0 radical (unpaired) electrons. The third-order valence-corrected chi connectivity index (χ3v) is 3.09. The molecule has 81 valence electrons. The number of phenols is 1. The molecule has 0 aliphatic carbocycles. The summed E-state index contributed by atoms with van der Waals surface area (Å²) in [5, 5.41) is 9.58. The molecule has 14 heavy (non-hydrogen) atoms. The Morgan fingerprint density at radius 2 is 1.86 bits per heavy atom. The first-order chi connectivity index (χ1) is 6.52. The molecule has 0 aliphatic heterocycles. The van der Waals surface area contributed by atoms with Gasteiger partial charge in [-0.15, -0.1) is 0 Å². The van der Waals surface area contributed by atoms with E-state index in [0.717, 1.165) is 11.1 Å². The van der Waals surface area contributed by atoms with E-state index in [-0.39, 0.29) is 0 Å². The van der Waals surface area contributed by atoms with E-state index in [0.29, 0.717) is 11.7 Å². The van der Waals surface area contributed by atoms with Crippen LogP contribution >= 0.6 is 32.7 Å². The van der Waals surface area contributed by atoms with Gasteiger partial charge in [0.25, 0.3) is 0 Å². The molecule has 1 aromatic carbocycles. The monoisotopic (exact) mass is 367 g/mol.